The maximum Gasteiger partial charge on any atom is 0.0375 e. The third kappa shape index (κ3) is 3.56. The fourth-order valence-corrected chi connectivity index (χ4v) is 1.53. The van der Waals surface area contributed by atoms with Crippen LogP contribution in [-0.4, -0.2) is 13.1 Å². The molecule has 0 aliphatic carbocycles. The van der Waals surface area contributed by atoms with Crippen LogP contribution < -0.4 is 11.1 Å². The van der Waals surface area contributed by atoms with E-state index >= 15 is 0 Å². The Labute approximate surface area is 92.9 Å². The maximum absolute atomic E-state index is 5.59. The van der Waals surface area contributed by atoms with Crippen LogP contribution in [-0.2, 0) is 0 Å². The molecule has 0 radical (unpaired) electrons. The Kier molecular flexibility index (Phi) is 4.63. The van der Waals surface area contributed by atoms with Gasteiger partial charge in [-0.15, -0.1) is 0 Å². The highest BCUT2D eigenvalue weighted by Gasteiger charge is 2.06. The van der Waals surface area contributed by atoms with E-state index in [2.05, 4.69) is 50.4 Å². The van der Waals surface area contributed by atoms with E-state index in [-0.39, 0.29) is 0 Å². The molecule has 0 amide bonds. The predicted octanol–water partition coefficient (Wildman–Crippen LogP) is 2.82. The zero-order chi connectivity index (χ0) is 11.3. The van der Waals surface area contributed by atoms with Crippen molar-refractivity contribution in [3.05, 3.63) is 29.8 Å². The van der Waals surface area contributed by atoms with Crippen LogP contribution in [0.3, 0.4) is 0 Å². The predicted molar refractivity (Wildman–Crippen MR) is 67.2 cm³/mol. The first kappa shape index (κ1) is 12.1. The average molecular weight is 206 g/mol. The summed E-state index contributed by atoms with van der Waals surface area (Å²) in [5.74, 6) is 1.08. The Bertz CT molecular complexity index is 294. The second kappa shape index (κ2) is 5.76. The largest absolute Gasteiger partial charge is 0.384 e. The van der Waals surface area contributed by atoms with Gasteiger partial charge in [0, 0.05) is 12.2 Å². The van der Waals surface area contributed by atoms with Crippen molar-refractivity contribution in [3.63, 3.8) is 0 Å². The summed E-state index contributed by atoms with van der Waals surface area (Å²) >= 11 is 0. The smallest absolute Gasteiger partial charge is 0.0375 e. The first-order chi connectivity index (χ1) is 7.15. The first-order valence-electron chi connectivity index (χ1n) is 5.68. The number of rotatable bonds is 5. The highest BCUT2D eigenvalue weighted by molar-refractivity contribution is 5.52. The zero-order valence-electron chi connectivity index (χ0n) is 9.96. The monoisotopic (exact) mass is 206 g/mol. The second-order valence-corrected chi connectivity index (χ2v) is 4.46. The van der Waals surface area contributed by atoms with Crippen molar-refractivity contribution in [1.29, 1.82) is 0 Å². The van der Waals surface area contributed by atoms with Crippen LogP contribution in [0, 0.1) is 5.92 Å². The SMILES string of the molecule is CC(CN)CNc1ccccc1C(C)C. The van der Waals surface area contributed by atoms with Crippen molar-refractivity contribution in [2.24, 2.45) is 11.7 Å². The molecule has 2 heteroatoms. The minimum Gasteiger partial charge on any atom is -0.384 e. The number of hydrogen-bond donors (Lipinski definition) is 2. The molecule has 0 fully saturated rings. The summed E-state index contributed by atoms with van der Waals surface area (Å²) in [6.45, 7) is 8.27. The van der Waals surface area contributed by atoms with Crippen LogP contribution in [0.5, 0.6) is 0 Å². The molecule has 1 atom stereocenters. The van der Waals surface area contributed by atoms with Crippen molar-refractivity contribution < 1.29 is 0 Å². The molecule has 0 aliphatic rings. The molecule has 0 aliphatic heterocycles. The highest BCUT2D eigenvalue weighted by Crippen LogP contribution is 2.23. The van der Waals surface area contributed by atoms with Gasteiger partial charge in [0.05, 0.1) is 0 Å². The normalized spacial score (nSPS) is 12.9. The lowest BCUT2D eigenvalue weighted by molar-refractivity contribution is 0.627. The van der Waals surface area contributed by atoms with Crippen molar-refractivity contribution in [3.8, 4) is 0 Å². The minimum atomic E-state index is 0.519. The molecule has 3 N–H and O–H groups in total. The Morgan fingerprint density at radius 2 is 1.87 bits per heavy atom. The molecule has 1 rings (SSSR count). The second-order valence-electron chi connectivity index (χ2n) is 4.46. The molecule has 0 heterocycles. The minimum absolute atomic E-state index is 0.519. The summed E-state index contributed by atoms with van der Waals surface area (Å²) in [6.07, 6.45) is 0. The van der Waals surface area contributed by atoms with Crippen LogP contribution in [0.2, 0.25) is 0 Å². The van der Waals surface area contributed by atoms with Gasteiger partial charge in [-0.3, -0.25) is 0 Å². The van der Waals surface area contributed by atoms with E-state index in [1.165, 1.54) is 11.3 Å². The Balaban J connectivity index is 2.67. The summed E-state index contributed by atoms with van der Waals surface area (Å²) < 4.78 is 0. The standard InChI is InChI=1S/C13H22N2/c1-10(2)12-6-4-5-7-13(12)15-9-11(3)8-14/h4-7,10-11,15H,8-9,14H2,1-3H3. The lowest BCUT2D eigenvalue weighted by Gasteiger charge is -2.16. The van der Waals surface area contributed by atoms with Gasteiger partial charge in [-0.2, -0.15) is 0 Å². The van der Waals surface area contributed by atoms with Crippen molar-refractivity contribution in [2.45, 2.75) is 26.7 Å². The lowest BCUT2D eigenvalue weighted by atomic mass is 10.0. The molecule has 15 heavy (non-hydrogen) atoms. The molecule has 0 spiro atoms. The number of hydrogen-bond acceptors (Lipinski definition) is 2. The highest BCUT2D eigenvalue weighted by atomic mass is 14.9. The van der Waals surface area contributed by atoms with Gasteiger partial charge < -0.3 is 11.1 Å². The molecule has 1 aromatic rings. The fourth-order valence-electron chi connectivity index (χ4n) is 1.53. The topological polar surface area (TPSA) is 38.0 Å². The van der Waals surface area contributed by atoms with E-state index < -0.39 is 0 Å². The van der Waals surface area contributed by atoms with Crippen LogP contribution in [0.1, 0.15) is 32.3 Å². The van der Waals surface area contributed by atoms with Gasteiger partial charge in [0.25, 0.3) is 0 Å². The van der Waals surface area contributed by atoms with E-state index in [1.807, 2.05) is 0 Å². The van der Waals surface area contributed by atoms with Gasteiger partial charge in [0.15, 0.2) is 0 Å². The molecule has 0 bridgehead atoms. The molecule has 0 aromatic heterocycles. The van der Waals surface area contributed by atoms with Gasteiger partial charge >= 0.3 is 0 Å². The molecule has 0 saturated carbocycles. The van der Waals surface area contributed by atoms with Crippen LogP contribution >= 0.6 is 0 Å². The van der Waals surface area contributed by atoms with Crippen LogP contribution in [0.25, 0.3) is 0 Å². The molecule has 1 unspecified atom stereocenters. The number of para-hydroxylation sites is 1. The zero-order valence-corrected chi connectivity index (χ0v) is 9.96. The molecular weight excluding hydrogens is 184 g/mol. The number of benzene rings is 1. The van der Waals surface area contributed by atoms with Gasteiger partial charge in [0.2, 0.25) is 0 Å². The van der Waals surface area contributed by atoms with Gasteiger partial charge in [-0.05, 0) is 30.0 Å². The van der Waals surface area contributed by atoms with E-state index in [0.29, 0.717) is 11.8 Å². The van der Waals surface area contributed by atoms with Gasteiger partial charge in [0.1, 0.15) is 0 Å². The van der Waals surface area contributed by atoms with E-state index in [9.17, 15) is 0 Å². The van der Waals surface area contributed by atoms with Crippen LogP contribution in [0.15, 0.2) is 24.3 Å². The molecular formula is C13H22N2. The number of nitrogens with one attached hydrogen (secondary N) is 1. The Hall–Kier alpha value is -1.02. The number of anilines is 1. The Morgan fingerprint density at radius 3 is 2.47 bits per heavy atom. The molecule has 2 nitrogen and oxygen atoms in total. The third-order valence-electron chi connectivity index (χ3n) is 2.63. The van der Waals surface area contributed by atoms with Crippen molar-refractivity contribution in [2.75, 3.05) is 18.4 Å². The summed E-state index contributed by atoms with van der Waals surface area (Å²) in [7, 11) is 0. The lowest BCUT2D eigenvalue weighted by Crippen LogP contribution is -2.20. The fraction of sp³-hybridized carbons (Fsp3) is 0.538. The van der Waals surface area contributed by atoms with Gasteiger partial charge in [-0.25, -0.2) is 0 Å². The molecule has 1 aromatic carbocycles. The van der Waals surface area contributed by atoms with Gasteiger partial charge in [-0.1, -0.05) is 39.0 Å². The first-order valence-corrected chi connectivity index (χ1v) is 5.68. The molecule has 84 valence electrons. The summed E-state index contributed by atoms with van der Waals surface area (Å²) in [5, 5.41) is 3.47. The van der Waals surface area contributed by atoms with E-state index in [4.69, 9.17) is 5.73 Å². The molecule has 0 saturated heterocycles. The number of nitrogens with two attached hydrogens (primary N) is 1. The summed E-state index contributed by atoms with van der Waals surface area (Å²) in [6, 6.07) is 8.48. The average Bonchev–Trinajstić information content (AvgIpc) is 2.26. The van der Waals surface area contributed by atoms with Crippen LogP contribution in [0.4, 0.5) is 5.69 Å². The Morgan fingerprint density at radius 1 is 1.20 bits per heavy atom. The maximum atomic E-state index is 5.59. The summed E-state index contributed by atoms with van der Waals surface area (Å²) in [5.41, 5.74) is 8.21. The van der Waals surface area contributed by atoms with E-state index in [1.54, 1.807) is 0 Å². The van der Waals surface area contributed by atoms with Crippen molar-refractivity contribution >= 4 is 5.69 Å². The van der Waals surface area contributed by atoms with E-state index in [0.717, 1.165) is 13.1 Å². The third-order valence-corrected chi connectivity index (χ3v) is 2.63. The quantitative estimate of drug-likeness (QED) is 0.777. The summed E-state index contributed by atoms with van der Waals surface area (Å²) in [4.78, 5) is 0. The van der Waals surface area contributed by atoms with Crippen molar-refractivity contribution in [1.82, 2.24) is 0 Å².